The van der Waals surface area contributed by atoms with Gasteiger partial charge in [-0.25, -0.2) is 4.79 Å². The Balaban J connectivity index is 1.99. The summed E-state index contributed by atoms with van der Waals surface area (Å²) < 4.78 is 4.98. The van der Waals surface area contributed by atoms with E-state index in [1.165, 1.54) is 13.3 Å². The van der Waals surface area contributed by atoms with Crippen molar-refractivity contribution in [1.29, 1.82) is 0 Å². The van der Waals surface area contributed by atoms with Crippen molar-refractivity contribution in [2.75, 3.05) is 17.7 Å². The zero-order chi connectivity index (χ0) is 13.7. The molecule has 0 unspecified atom stereocenters. The number of anilines is 2. The van der Waals surface area contributed by atoms with Crippen LogP contribution >= 0.6 is 0 Å². The molecule has 6 nitrogen and oxygen atoms in total. The Morgan fingerprint density at radius 2 is 1.63 bits per heavy atom. The Hall–Kier alpha value is -2.76. The first-order valence-electron chi connectivity index (χ1n) is 5.62. The molecule has 3 amide bonds. The standard InChI is InChI=1S/C13H13N3O3/c1-14-13(18)16-10-6-4-9(5-7-10)15-12(17)11-3-2-8-19-11/h2-8H,1H3,(H,15,17)(H2,14,16,18). The van der Waals surface area contributed by atoms with Crippen LogP contribution in [-0.2, 0) is 0 Å². The SMILES string of the molecule is CNC(=O)Nc1ccc(NC(=O)c2ccco2)cc1. The minimum atomic E-state index is -0.322. The summed E-state index contributed by atoms with van der Waals surface area (Å²) in [5.41, 5.74) is 1.25. The van der Waals surface area contributed by atoms with Gasteiger partial charge in [0.25, 0.3) is 5.91 Å². The van der Waals surface area contributed by atoms with Crippen LogP contribution < -0.4 is 16.0 Å². The molecule has 0 spiro atoms. The fraction of sp³-hybridized carbons (Fsp3) is 0.0769. The number of rotatable bonds is 3. The predicted molar refractivity (Wildman–Crippen MR) is 71.2 cm³/mol. The van der Waals surface area contributed by atoms with Gasteiger partial charge in [-0.05, 0) is 36.4 Å². The first-order chi connectivity index (χ1) is 9.19. The van der Waals surface area contributed by atoms with Gasteiger partial charge in [-0.3, -0.25) is 4.79 Å². The molecule has 98 valence electrons. The van der Waals surface area contributed by atoms with Crippen molar-refractivity contribution in [3.8, 4) is 0 Å². The molecule has 19 heavy (non-hydrogen) atoms. The maximum atomic E-state index is 11.7. The number of benzene rings is 1. The molecule has 0 saturated heterocycles. The highest BCUT2D eigenvalue weighted by molar-refractivity contribution is 6.02. The largest absolute Gasteiger partial charge is 0.459 e. The Kier molecular flexibility index (Phi) is 3.82. The van der Waals surface area contributed by atoms with Gasteiger partial charge in [-0.1, -0.05) is 0 Å². The van der Waals surface area contributed by atoms with Crippen molar-refractivity contribution in [2.45, 2.75) is 0 Å². The van der Waals surface area contributed by atoms with Gasteiger partial charge in [0.2, 0.25) is 0 Å². The zero-order valence-corrected chi connectivity index (χ0v) is 10.3. The first-order valence-corrected chi connectivity index (χ1v) is 5.62. The van der Waals surface area contributed by atoms with Gasteiger partial charge in [-0.15, -0.1) is 0 Å². The zero-order valence-electron chi connectivity index (χ0n) is 10.3. The maximum Gasteiger partial charge on any atom is 0.318 e. The van der Waals surface area contributed by atoms with E-state index in [9.17, 15) is 9.59 Å². The molecule has 0 atom stereocenters. The first kappa shape index (κ1) is 12.7. The fourth-order valence-corrected chi connectivity index (χ4v) is 1.43. The third-order valence-corrected chi connectivity index (χ3v) is 2.37. The minimum absolute atomic E-state index is 0.243. The van der Waals surface area contributed by atoms with Crippen LogP contribution in [0.3, 0.4) is 0 Å². The number of urea groups is 1. The van der Waals surface area contributed by atoms with Crippen molar-refractivity contribution in [2.24, 2.45) is 0 Å². The van der Waals surface area contributed by atoms with Crippen LogP contribution in [0.15, 0.2) is 47.1 Å². The molecule has 2 aromatic rings. The summed E-state index contributed by atoms with van der Waals surface area (Å²) in [7, 11) is 1.54. The van der Waals surface area contributed by atoms with E-state index in [0.29, 0.717) is 11.4 Å². The van der Waals surface area contributed by atoms with Gasteiger partial charge in [0, 0.05) is 18.4 Å². The van der Waals surface area contributed by atoms with Gasteiger partial charge >= 0.3 is 6.03 Å². The summed E-state index contributed by atoms with van der Waals surface area (Å²) >= 11 is 0. The molecule has 1 aromatic carbocycles. The highest BCUT2D eigenvalue weighted by atomic mass is 16.3. The molecule has 0 radical (unpaired) electrons. The number of hydrogen-bond donors (Lipinski definition) is 3. The quantitative estimate of drug-likeness (QED) is 0.790. The number of carbonyl (C=O) groups excluding carboxylic acids is 2. The van der Waals surface area contributed by atoms with Gasteiger partial charge in [0.05, 0.1) is 6.26 Å². The van der Waals surface area contributed by atoms with Crippen molar-refractivity contribution < 1.29 is 14.0 Å². The number of furan rings is 1. The second kappa shape index (κ2) is 5.72. The smallest absolute Gasteiger partial charge is 0.318 e. The average Bonchev–Trinajstić information content (AvgIpc) is 2.95. The molecular formula is C13H13N3O3. The van der Waals surface area contributed by atoms with Crippen LogP contribution in [-0.4, -0.2) is 19.0 Å². The van der Waals surface area contributed by atoms with E-state index in [1.807, 2.05) is 0 Å². The molecular weight excluding hydrogens is 246 g/mol. The van der Waals surface area contributed by atoms with E-state index < -0.39 is 0 Å². The van der Waals surface area contributed by atoms with Crippen LogP contribution in [0.25, 0.3) is 0 Å². The molecule has 6 heteroatoms. The van der Waals surface area contributed by atoms with E-state index in [-0.39, 0.29) is 17.7 Å². The van der Waals surface area contributed by atoms with Crippen LogP contribution in [0.5, 0.6) is 0 Å². The van der Waals surface area contributed by atoms with Gasteiger partial charge in [-0.2, -0.15) is 0 Å². The third kappa shape index (κ3) is 3.35. The molecule has 0 aliphatic heterocycles. The second-order valence-electron chi connectivity index (χ2n) is 3.71. The molecule has 0 bridgehead atoms. The van der Waals surface area contributed by atoms with Gasteiger partial charge in [0.15, 0.2) is 5.76 Å². The molecule has 0 aliphatic carbocycles. The highest BCUT2D eigenvalue weighted by Crippen LogP contribution is 2.14. The van der Waals surface area contributed by atoms with Crippen LogP contribution in [0, 0.1) is 0 Å². The van der Waals surface area contributed by atoms with Gasteiger partial charge in [0.1, 0.15) is 0 Å². The van der Waals surface area contributed by atoms with Crippen LogP contribution in [0.4, 0.5) is 16.2 Å². The Morgan fingerprint density at radius 1 is 1.00 bits per heavy atom. The number of hydrogen-bond acceptors (Lipinski definition) is 3. The lowest BCUT2D eigenvalue weighted by molar-refractivity contribution is 0.0996. The lowest BCUT2D eigenvalue weighted by Gasteiger charge is -2.06. The van der Waals surface area contributed by atoms with Crippen LogP contribution in [0.2, 0.25) is 0 Å². The lowest BCUT2D eigenvalue weighted by Crippen LogP contribution is -2.24. The topological polar surface area (TPSA) is 83.4 Å². The normalized spacial score (nSPS) is 9.74. The fourth-order valence-electron chi connectivity index (χ4n) is 1.43. The minimum Gasteiger partial charge on any atom is -0.459 e. The third-order valence-electron chi connectivity index (χ3n) is 2.37. The highest BCUT2D eigenvalue weighted by Gasteiger charge is 2.08. The summed E-state index contributed by atoms with van der Waals surface area (Å²) in [6, 6.07) is 9.67. The van der Waals surface area contributed by atoms with E-state index in [2.05, 4.69) is 16.0 Å². The summed E-state index contributed by atoms with van der Waals surface area (Å²) in [6.45, 7) is 0. The molecule has 0 saturated carbocycles. The van der Waals surface area contributed by atoms with Crippen molar-refractivity contribution in [1.82, 2.24) is 5.32 Å². The summed E-state index contributed by atoms with van der Waals surface area (Å²) in [6.07, 6.45) is 1.44. The van der Waals surface area contributed by atoms with Crippen molar-refractivity contribution >= 4 is 23.3 Å². The number of amides is 3. The van der Waals surface area contributed by atoms with E-state index in [0.717, 1.165) is 0 Å². The molecule has 1 heterocycles. The number of carbonyl (C=O) groups is 2. The maximum absolute atomic E-state index is 11.7. The summed E-state index contributed by atoms with van der Waals surface area (Å²) in [5.74, 6) is -0.0791. The molecule has 0 fully saturated rings. The average molecular weight is 259 g/mol. The van der Waals surface area contributed by atoms with Crippen LogP contribution in [0.1, 0.15) is 10.6 Å². The van der Waals surface area contributed by atoms with E-state index in [4.69, 9.17) is 4.42 Å². The second-order valence-corrected chi connectivity index (χ2v) is 3.71. The number of nitrogens with one attached hydrogen (secondary N) is 3. The van der Waals surface area contributed by atoms with Crippen molar-refractivity contribution in [3.63, 3.8) is 0 Å². The van der Waals surface area contributed by atoms with E-state index >= 15 is 0 Å². The Morgan fingerprint density at radius 3 is 2.16 bits per heavy atom. The molecule has 3 N–H and O–H groups in total. The summed E-state index contributed by atoms with van der Waals surface area (Å²) in [5, 5.41) is 7.74. The molecule has 2 rings (SSSR count). The lowest BCUT2D eigenvalue weighted by atomic mass is 10.2. The van der Waals surface area contributed by atoms with E-state index in [1.54, 1.807) is 36.4 Å². The monoisotopic (exact) mass is 259 g/mol. The van der Waals surface area contributed by atoms with Gasteiger partial charge < -0.3 is 20.4 Å². The predicted octanol–water partition coefficient (Wildman–Crippen LogP) is 2.28. The Bertz CT molecular complexity index is 561. The van der Waals surface area contributed by atoms with Crippen molar-refractivity contribution in [3.05, 3.63) is 48.4 Å². The molecule has 0 aliphatic rings. The Labute approximate surface area is 109 Å². The summed E-state index contributed by atoms with van der Waals surface area (Å²) in [4.78, 5) is 22.8. The molecule has 1 aromatic heterocycles.